The number of esters is 1. The summed E-state index contributed by atoms with van der Waals surface area (Å²) in [5.74, 6) is -0.332. The van der Waals surface area contributed by atoms with Gasteiger partial charge in [-0.05, 0) is 12.8 Å². The van der Waals surface area contributed by atoms with Gasteiger partial charge in [0, 0.05) is 6.42 Å². The highest BCUT2D eigenvalue weighted by Crippen LogP contribution is 2.17. The van der Waals surface area contributed by atoms with E-state index in [0.717, 1.165) is 32.1 Å². The van der Waals surface area contributed by atoms with Crippen molar-refractivity contribution >= 4 is 14.2 Å². The zero-order valence-corrected chi connectivity index (χ0v) is 26.6. The topological polar surface area (TPSA) is 91.3 Å². The first kappa shape index (κ1) is 38.5. The number of unbranched alkanes of at least 4 members (excludes halogenated alkanes) is 21. The summed E-state index contributed by atoms with van der Waals surface area (Å²) in [6.45, 7) is 4.78. The van der Waals surface area contributed by atoms with Crippen LogP contribution in [0.25, 0.3) is 0 Å². The number of hydrogen-bond acceptors (Lipinski definition) is 6. The Balaban J connectivity index is 3.72. The number of ether oxygens (including phenoxy) is 1. The van der Waals surface area contributed by atoms with Gasteiger partial charge in [0.1, 0.15) is 6.61 Å². The van der Waals surface area contributed by atoms with Crippen LogP contribution in [0.4, 0.5) is 0 Å². The van der Waals surface area contributed by atoms with Crippen LogP contribution in [0.15, 0.2) is 0 Å². The Morgan fingerprint density at radius 1 is 0.590 bits per heavy atom. The predicted molar refractivity (Wildman–Crippen MR) is 161 cm³/mol. The zero-order chi connectivity index (χ0) is 28.7. The molecule has 0 aliphatic carbocycles. The minimum Gasteiger partial charge on any atom is -0.457 e. The second-order valence-electron chi connectivity index (χ2n) is 11.0. The van der Waals surface area contributed by atoms with E-state index in [9.17, 15) is 9.36 Å². The van der Waals surface area contributed by atoms with Gasteiger partial charge in [-0.15, -0.1) is 0 Å². The monoisotopic (exact) mass is 578 g/mol. The third-order valence-corrected chi connectivity index (χ3v) is 7.51. The molecule has 0 aromatic carbocycles. The van der Waals surface area contributed by atoms with Gasteiger partial charge in [0.25, 0.3) is 0 Å². The summed E-state index contributed by atoms with van der Waals surface area (Å²) in [7, 11) is -3.10. The molecule has 2 atom stereocenters. The van der Waals surface area contributed by atoms with Crippen molar-refractivity contribution in [2.24, 2.45) is 0 Å². The Morgan fingerprint density at radius 3 is 1.44 bits per heavy atom. The lowest BCUT2D eigenvalue weighted by atomic mass is 10.1. The quantitative estimate of drug-likeness (QED) is 0.0279. The first-order chi connectivity index (χ1) is 19.1. The lowest BCUT2D eigenvalue weighted by Gasteiger charge is -2.17. The van der Waals surface area contributed by atoms with Gasteiger partial charge in [-0.25, -0.2) is 9.78 Å². The molecule has 0 fully saturated rings. The van der Waals surface area contributed by atoms with Gasteiger partial charge in [-0.2, -0.15) is 0 Å². The van der Waals surface area contributed by atoms with Gasteiger partial charge in [0.15, 0.2) is 6.10 Å². The van der Waals surface area contributed by atoms with Gasteiger partial charge in [0.2, 0.25) is 0 Å². The highest BCUT2D eigenvalue weighted by molar-refractivity contribution is 7.32. The Hall–Kier alpha value is -0.460. The number of carbonyl (C=O) groups is 1. The molecule has 8 heteroatoms. The van der Waals surface area contributed by atoms with Gasteiger partial charge < -0.3 is 14.2 Å². The lowest BCUT2D eigenvalue weighted by Crippen LogP contribution is -2.28. The van der Waals surface area contributed by atoms with Gasteiger partial charge in [0.05, 0.1) is 13.2 Å². The molecule has 0 spiro atoms. The van der Waals surface area contributed by atoms with E-state index in [1.807, 2.05) is 0 Å². The second-order valence-corrected chi connectivity index (χ2v) is 11.8. The number of hydrogen-bond donors (Lipinski definition) is 1. The molecule has 0 aliphatic rings. The third-order valence-electron chi connectivity index (χ3n) is 7.09. The fraction of sp³-hybridized carbons (Fsp3) is 0.968. The van der Waals surface area contributed by atoms with Crippen molar-refractivity contribution in [3.05, 3.63) is 0 Å². The predicted octanol–water partition coefficient (Wildman–Crippen LogP) is 9.65. The van der Waals surface area contributed by atoms with Crippen LogP contribution in [0.5, 0.6) is 0 Å². The molecule has 0 aliphatic heterocycles. The molecule has 0 aromatic heterocycles. The highest BCUT2D eigenvalue weighted by Gasteiger charge is 2.17. The first-order valence-electron chi connectivity index (χ1n) is 16.4. The SMILES string of the molecule is CCCCCCCCCCCCCCOOCC(CO[PH](=O)O)OC(=O)CCCCCCCCCCCCC. The maximum atomic E-state index is 12.2. The summed E-state index contributed by atoms with van der Waals surface area (Å²) >= 11 is 0. The maximum absolute atomic E-state index is 12.2. The van der Waals surface area contributed by atoms with Crippen molar-refractivity contribution < 1.29 is 33.3 Å². The van der Waals surface area contributed by atoms with E-state index >= 15 is 0 Å². The van der Waals surface area contributed by atoms with E-state index in [1.165, 1.54) is 116 Å². The standard InChI is InChI=1S/C31H63O7P/c1-3-5-7-9-11-13-15-17-19-21-23-25-27-35-36-28-30(29-37-39(33)34)38-31(32)26-24-22-20-18-16-14-12-10-8-6-4-2/h30,39H,3-29H2,1-2H3,(H,33,34). The second kappa shape index (κ2) is 32.1. The van der Waals surface area contributed by atoms with Crippen molar-refractivity contribution in [1.29, 1.82) is 0 Å². The fourth-order valence-electron chi connectivity index (χ4n) is 4.64. The van der Waals surface area contributed by atoms with Crippen LogP contribution in [-0.4, -0.2) is 36.8 Å². The summed E-state index contributed by atoms with van der Waals surface area (Å²) in [5.41, 5.74) is 0. The van der Waals surface area contributed by atoms with E-state index in [4.69, 9.17) is 23.9 Å². The summed E-state index contributed by atoms with van der Waals surface area (Å²) in [6, 6.07) is 0. The van der Waals surface area contributed by atoms with Crippen molar-refractivity contribution in [3.8, 4) is 0 Å². The largest absolute Gasteiger partial charge is 0.457 e. The Morgan fingerprint density at radius 2 is 1.00 bits per heavy atom. The Bertz CT molecular complexity index is 533. The summed E-state index contributed by atoms with van der Waals surface area (Å²) in [5, 5.41) is 0. The molecule has 0 aromatic rings. The fourth-order valence-corrected chi connectivity index (χ4v) is 4.97. The molecular weight excluding hydrogens is 515 g/mol. The average Bonchev–Trinajstić information content (AvgIpc) is 2.92. The molecule has 0 heterocycles. The van der Waals surface area contributed by atoms with E-state index < -0.39 is 14.4 Å². The number of rotatable bonds is 32. The van der Waals surface area contributed by atoms with Gasteiger partial charge >= 0.3 is 14.2 Å². The van der Waals surface area contributed by atoms with Crippen molar-refractivity contribution in [1.82, 2.24) is 0 Å². The third kappa shape index (κ3) is 31.9. The smallest absolute Gasteiger partial charge is 0.316 e. The zero-order valence-electron chi connectivity index (χ0n) is 25.6. The van der Waals surface area contributed by atoms with Crippen LogP contribution in [0.3, 0.4) is 0 Å². The molecule has 39 heavy (non-hydrogen) atoms. The van der Waals surface area contributed by atoms with Crippen LogP contribution in [0.1, 0.15) is 168 Å². The van der Waals surface area contributed by atoms with E-state index in [0.29, 0.717) is 13.0 Å². The molecule has 7 nitrogen and oxygen atoms in total. The van der Waals surface area contributed by atoms with Gasteiger partial charge in [-0.1, -0.05) is 149 Å². The van der Waals surface area contributed by atoms with Crippen LogP contribution in [-0.2, 0) is 28.4 Å². The molecule has 0 amide bonds. The summed E-state index contributed by atoms with van der Waals surface area (Å²) in [6.07, 6.45) is 28.3. The normalized spacial score (nSPS) is 13.0. The van der Waals surface area contributed by atoms with Gasteiger partial charge in [-0.3, -0.25) is 9.36 Å². The molecule has 234 valence electrons. The molecule has 0 saturated carbocycles. The average molecular weight is 579 g/mol. The van der Waals surface area contributed by atoms with E-state index in [-0.39, 0.29) is 19.2 Å². The highest BCUT2D eigenvalue weighted by atomic mass is 31.1. The minimum absolute atomic E-state index is 0.0165. The van der Waals surface area contributed by atoms with Crippen LogP contribution in [0, 0.1) is 0 Å². The van der Waals surface area contributed by atoms with E-state index in [2.05, 4.69) is 13.8 Å². The molecule has 0 rings (SSSR count). The first-order valence-corrected chi connectivity index (χ1v) is 17.7. The molecule has 0 saturated heterocycles. The molecule has 1 N–H and O–H groups in total. The van der Waals surface area contributed by atoms with Crippen LogP contribution >= 0.6 is 8.25 Å². The Labute approximate surface area is 241 Å². The van der Waals surface area contributed by atoms with Crippen molar-refractivity contribution in [2.45, 2.75) is 174 Å². The van der Waals surface area contributed by atoms with Crippen molar-refractivity contribution in [2.75, 3.05) is 19.8 Å². The molecule has 2 unspecified atom stereocenters. The van der Waals surface area contributed by atoms with E-state index in [1.54, 1.807) is 0 Å². The number of carbonyl (C=O) groups excluding carboxylic acids is 1. The van der Waals surface area contributed by atoms with Crippen LogP contribution < -0.4 is 0 Å². The summed E-state index contributed by atoms with van der Waals surface area (Å²) in [4.78, 5) is 31.6. The molecule has 0 radical (unpaired) electrons. The minimum atomic E-state index is -3.10. The van der Waals surface area contributed by atoms with Crippen molar-refractivity contribution in [3.63, 3.8) is 0 Å². The maximum Gasteiger partial charge on any atom is 0.316 e. The van der Waals surface area contributed by atoms with Crippen LogP contribution in [0.2, 0.25) is 0 Å². The molecular formula is C31H63O7P. The Kier molecular flexibility index (Phi) is 31.7. The summed E-state index contributed by atoms with van der Waals surface area (Å²) < 4.78 is 21.1. The molecule has 0 bridgehead atoms. The lowest BCUT2D eigenvalue weighted by molar-refractivity contribution is -0.307.